The lowest BCUT2D eigenvalue weighted by molar-refractivity contribution is -0.121. The van der Waals surface area contributed by atoms with E-state index in [1.807, 2.05) is 6.92 Å². The Labute approximate surface area is 104 Å². The highest BCUT2D eigenvalue weighted by Gasteiger charge is 2.07. The quantitative estimate of drug-likeness (QED) is 0.769. The second-order valence-electron chi connectivity index (χ2n) is 4.69. The van der Waals surface area contributed by atoms with Crippen LogP contribution in [0.3, 0.4) is 0 Å². The zero-order chi connectivity index (χ0) is 12.5. The largest absolute Gasteiger partial charge is 0.373 e. The summed E-state index contributed by atoms with van der Waals surface area (Å²) in [5.41, 5.74) is 0. The van der Waals surface area contributed by atoms with Crippen LogP contribution in [0, 0.1) is 0 Å². The van der Waals surface area contributed by atoms with Crippen LogP contribution in [0.4, 0.5) is 0 Å². The van der Waals surface area contributed by atoms with Crippen molar-refractivity contribution in [3.05, 3.63) is 0 Å². The monoisotopic (exact) mass is 239 g/mol. The fourth-order valence-electron chi connectivity index (χ4n) is 1.79. The minimum Gasteiger partial charge on any atom is -0.373 e. The molecule has 0 saturated carbocycles. The van der Waals surface area contributed by atoms with Gasteiger partial charge in [-0.15, -0.1) is 0 Å². The molecular formula is C13H25N3O. The first-order valence-electron chi connectivity index (χ1n) is 6.79. The lowest BCUT2D eigenvalue weighted by Crippen LogP contribution is -2.35. The lowest BCUT2D eigenvalue weighted by Gasteiger charge is -2.12. The van der Waals surface area contributed by atoms with Crippen molar-refractivity contribution in [2.24, 2.45) is 4.99 Å². The second-order valence-corrected chi connectivity index (χ2v) is 4.69. The maximum absolute atomic E-state index is 11.5. The molecule has 4 heteroatoms. The molecule has 1 heterocycles. The first-order chi connectivity index (χ1) is 8.22. The first-order valence-corrected chi connectivity index (χ1v) is 6.79. The van der Waals surface area contributed by atoms with E-state index in [-0.39, 0.29) is 11.9 Å². The van der Waals surface area contributed by atoms with Crippen LogP contribution in [0.1, 0.15) is 52.4 Å². The lowest BCUT2D eigenvalue weighted by atomic mass is 10.2. The van der Waals surface area contributed by atoms with Gasteiger partial charge in [-0.25, -0.2) is 0 Å². The van der Waals surface area contributed by atoms with Crippen LogP contribution in [0.2, 0.25) is 0 Å². The number of carbonyl (C=O) groups is 1. The van der Waals surface area contributed by atoms with Crippen molar-refractivity contribution in [3.63, 3.8) is 0 Å². The van der Waals surface area contributed by atoms with Gasteiger partial charge in [-0.05, 0) is 26.2 Å². The third-order valence-electron chi connectivity index (χ3n) is 3.08. The van der Waals surface area contributed by atoms with Crippen molar-refractivity contribution in [1.82, 2.24) is 10.6 Å². The molecule has 0 aliphatic carbocycles. The number of nitrogens with one attached hydrogen (secondary N) is 2. The van der Waals surface area contributed by atoms with Gasteiger partial charge in [0.05, 0.1) is 5.84 Å². The van der Waals surface area contributed by atoms with Crippen LogP contribution in [0.15, 0.2) is 4.99 Å². The van der Waals surface area contributed by atoms with Crippen LogP contribution in [0.25, 0.3) is 0 Å². The zero-order valence-electron chi connectivity index (χ0n) is 11.1. The number of amidine groups is 1. The van der Waals surface area contributed by atoms with Gasteiger partial charge in [-0.2, -0.15) is 0 Å². The fourth-order valence-corrected chi connectivity index (χ4v) is 1.79. The van der Waals surface area contributed by atoms with E-state index in [0.29, 0.717) is 13.0 Å². The average Bonchev–Trinajstić information content (AvgIpc) is 2.57. The minimum absolute atomic E-state index is 0.126. The van der Waals surface area contributed by atoms with E-state index in [9.17, 15) is 4.79 Å². The summed E-state index contributed by atoms with van der Waals surface area (Å²) in [5.74, 6) is 1.21. The second kappa shape index (κ2) is 8.09. The van der Waals surface area contributed by atoms with E-state index in [2.05, 4.69) is 22.5 Å². The van der Waals surface area contributed by atoms with E-state index in [1.54, 1.807) is 0 Å². The Morgan fingerprint density at radius 2 is 2.24 bits per heavy atom. The van der Waals surface area contributed by atoms with Gasteiger partial charge in [0.25, 0.3) is 0 Å². The Morgan fingerprint density at radius 3 is 3.00 bits per heavy atom. The third kappa shape index (κ3) is 6.29. The van der Waals surface area contributed by atoms with E-state index in [1.165, 1.54) is 19.3 Å². The van der Waals surface area contributed by atoms with Gasteiger partial charge in [0.2, 0.25) is 5.91 Å². The van der Waals surface area contributed by atoms with Gasteiger partial charge in [-0.3, -0.25) is 9.79 Å². The summed E-state index contributed by atoms with van der Waals surface area (Å²) in [6.07, 6.45) is 6.22. The van der Waals surface area contributed by atoms with Crippen LogP contribution in [0.5, 0.6) is 0 Å². The molecule has 0 saturated heterocycles. The van der Waals surface area contributed by atoms with Crippen molar-refractivity contribution in [2.75, 3.05) is 13.1 Å². The standard InChI is InChI=1S/C13H25N3O/c1-3-11(2)16-13(17)8-10-15-12-7-5-4-6-9-14-12/h11H,3-10H2,1-2H3,(H,14,15)(H,16,17). The molecule has 0 fully saturated rings. The molecule has 0 spiro atoms. The Hall–Kier alpha value is -1.06. The molecule has 1 aliphatic heterocycles. The maximum Gasteiger partial charge on any atom is 0.221 e. The van der Waals surface area contributed by atoms with Crippen molar-refractivity contribution in [3.8, 4) is 0 Å². The molecule has 0 aromatic heterocycles. The topological polar surface area (TPSA) is 53.5 Å². The number of nitrogens with zero attached hydrogens (tertiary/aromatic N) is 1. The van der Waals surface area contributed by atoms with E-state index in [0.717, 1.165) is 25.2 Å². The average molecular weight is 239 g/mol. The summed E-state index contributed by atoms with van der Waals surface area (Å²) in [7, 11) is 0. The Morgan fingerprint density at radius 1 is 1.41 bits per heavy atom. The summed E-state index contributed by atoms with van der Waals surface area (Å²) < 4.78 is 0. The normalized spacial score (nSPS) is 17.9. The molecule has 1 atom stereocenters. The third-order valence-corrected chi connectivity index (χ3v) is 3.08. The number of rotatable bonds is 5. The van der Waals surface area contributed by atoms with Gasteiger partial charge >= 0.3 is 0 Å². The van der Waals surface area contributed by atoms with Gasteiger partial charge < -0.3 is 10.6 Å². The maximum atomic E-state index is 11.5. The first kappa shape index (κ1) is 14.0. The van der Waals surface area contributed by atoms with Crippen molar-refractivity contribution >= 4 is 11.7 Å². The Bertz CT molecular complexity index is 263. The van der Waals surface area contributed by atoms with Crippen LogP contribution >= 0.6 is 0 Å². The molecule has 1 aliphatic rings. The number of hydrogen-bond donors (Lipinski definition) is 2. The number of hydrogen-bond acceptors (Lipinski definition) is 3. The van der Waals surface area contributed by atoms with Crippen molar-refractivity contribution in [2.45, 2.75) is 58.4 Å². The molecule has 17 heavy (non-hydrogen) atoms. The SMILES string of the molecule is CCC(C)NC(=O)CCNC1=NCCCCC1. The predicted molar refractivity (Wildman–Crippen MR) is 71.3 cm³/mol. The molecule has 1 unspecified atom stereocenters. The number of carbonyl (C=O) groups excluding carboxylic acids is 1. The number of amides is 1. The summed E-state index contributed by atoms with van der Waals surface area (Å²) >= 11 is 0. The Balaban J connectivity index is 2.14. The van der Waals surface area contributed by atoms with Gasteiger partial charge in [0.15, 0.2) is 0 Å². The summed E-state index contributed by atoms with van der Waals surface area (Å²) in [4.78, 5) is 16.0. The molecule has 1 rings (SSSR count). The summed E-state index contributed by atoms with van der Waals surface area (Å²) in [5, 5.41) is 6.23. The molecule has 0 aromatic carbocycles. The molecule has 0 aromatic rings. The fraction of sp³-hybridized carbons (Fsp3) is 0.846. The number of aliphatic imine (C=N–C) groups is 1. The van der Waals surface area contributed by atoms with Crippen molar-refractivity contribution < 1.29 is 4.79 Å². The molecule has 0 radical (unpaired) electrons. The van der Waals surface area contributed by atoms with Gasteiger partial charge in [-0.1, -0.05) is 13.3 Å². The molecule has 2 N–H and O–H groups in total. The molecular weight excluding hydrogens is 214 g/mol. The van der Waals surface area contributed by atoms with Crippen LogP contribution < -0.4 is 10.6 Å². The zero-order valence-corrected chi connectivity index (χ0v) is 11.1. The molecule has 1 amide bonds. The smallest absolute Gasteiger partial charge is 0.221 e. The van der Waals surface area contributed by atoms with Gasteiger partial charge in [0, 0.05) is 32.0 Å². The molecule has 0 bridgehead atoms. The van der Waals surface area contributed by atoms with E-state index in [4.69, 9.17) is 0 Å². The predicted octanol–water partition coefficient (Wildman–Crippen LogP) is 1.85. The van der Waals surface area contributed by atoms with Crippen LogP contribution in [-0.2, 0) is 4.79 Å². The van der Waals surface area contributed by atoms with E-state index >= 15 is 0 Å². The van der Waals surface area contributed by atoms with Crippen molar-refractivity contribution in [1.29, 1.82) is 0 Å². The molecule has 98 valence electrons. The van der Waals surface area contributed by atoms with E-state index < -0.39 is 0 Å². The minimum atomic E-state index is 0.126. The summed E-state index contributed by atoms with van der Waals surface area (Å²) in [6, 6.07) is 0.276. The summed E-state index contributed by atoms with van der Waals surface area (Å²) in [6.45, 7) is 5.73. The highest BCUT2D eigenvalue weighted by atomic mass is 16.1. The Kier molecular flexibility index (Phi) is 6.67. The molecule has 4 nitrogen and oxygen atoms in total. The van der Waals surface area contributed by atoms with Crippen LogP contribution in [-0.4, -0.2) is 30.9 Å². The highest BCUT2D eigenvalue weighted by molar-refractivity contribution is 5.83. The highest BCUT2D eigenvalue weighted by Crippen LogP contribution is 2.05. The van der Waals surface area contributed by atoms with Gasteiger partial charge in [0.1, 0.15) is 0 Å².